The van der Waals surface area contributed by atoms with Crippen molar-refractivity contribution < 1.29 is 13.2 Å². The number of aromatic nitrogens is 2. The van der Waals surface area contributed by atoms with Crippen LogP contribution in [0.3, 0.4) is 0 Å². The predicted octanol–water partition coefficient (Wildman–Crippen LogP) is 2.68. The van der Waals surface area contributed by atoms with Gasteiger partial charge in [0.15, 0.2) is 5.69 Å². The highest BCUT2D eigenvalue weighted by atomic mass is 35.7. The maximum atomic E-state index is 11.9. The fourth-order valence-electron chi connectivity index (χ4n) is 1.45. The number of aryl methyl sites for hydroxylation is 1. The molecule has 0 aliphatic rings. The maximum Gasteiger partial charge on any atom is 0.277 e. The van der Waals surface area contributed by atoms with Crippen LogP contribution in [0.25, 0.3) is 0 Å². The molecule has 0 radical (unpaired) electrons. The topological polar surface area (TPSA) is 89.0 Å². The third kappa shape index (κ3) is 3.26. The summed E-state index contributed by atoms with van der Waals surface area (Å²) in [6.45, 7) is 1.60. The zero-order valence-corrected chi connectivity index (χ0v) is 13.1. The monoisotopic (exact) mass is 351 g/mol. The quantitative estimate of drug-likeness (QED) is 0.858. The number of carbonyl (C=O) groups excluding carboxylic acids is 1. The zero-order valence-electron chi connectivity index (χ0n) is 9.92. The number of amides is 1. The Morgan fingerprint density at radius 2 is 2.10 bits per heavy atom. The molecule has 0 aliphatic carbocycles. The Morgan fingerprint density at radius 1 is 1.40 bits per heavy atom. The summed E-state index contributed by atoms with van der Waals surface area (Å²) in [6.07, 6.45) is 0. The molecule has 0 aliphatic heterocycles. The minimum Gasteiger partial charge on any atom is -0.319 e. The SMILES string of the molecule is Cc1cc(S(=O)(=O)Cl)cc(Cl)c1NC(=O)c1csnn1. The first-order valence-corrected chi connectivity index (χ1v) is 8.64. The van der Waals surface area contributed by atoms with E-state index in [1.54, 1.807) is 6.92 Å². The smallest absolute Gasteiger partial charge is 0.277 e. The molecule has 0 spiro atoms. The number of rotatable bonds is 3. The summed E-state index contributed by atoms with van der Waals surface area (Å²) < 4.78 is 26.1. The Hall–Kier alpha value is -1.22. The third-order valence-electron chi connectivity index (χ3n) is 2.37. The van der Waals surface area contributed by atoms with Gasteiger partial charge in [-0.15, -0.1) is 5.10 Å². The van der Waals surface area contributed by atoms with Gasteiger partial charge < -0.3 is 5.32 Å². The van der Waals surface area contributed by atoms with Gasteiger partial charge in [0.05, 0.1) is 15.6 Å². The van der Waals surface area contributed by atoms with E-state index in [-0.39, 0.29) is 15.6 Å². The molecule has 0 fully saturated rings. The number of benzene rings is 1. The minimum absolute atomic E-state index is 0.0702. The molecule has 0 saturated heterocycles. The summed E-state index contributed by atoms with van der Waals surface area (Å²) in [5.74, 6) is -0.481. The van der Waals surface area contributed by atoms with Gasteiger partial charge in [-0.1, -0.05) is 16.1 Å². The van der Waals surface area contributed by atoms with Gasteiger partial charge in [0.1, 0.15) is 0 Å². The first-order valence-electron chi connectivity index (χ1n) is 5.12. The van der Waals surface area contributed by atoms with Crippen molar-refractivity contribution in [1.82, 2.24) is 9.59 Å². The molecule has 0 atom stereocenters. The summed E-state index contributed by atoms with van der Waals surface area (Å²) in [5, 5.41) is 7.73. The van der Waals surface area contributed by atoms with Crippen LogP contribution in [0.1, 0.15) is 16.1 Å². The van der Waals surface area contributed by atoms with Gasteiger partial charge >= 0.3 is 0 Å². The van der Waals surface area contributed by atoms with Crippen molar-refractivity contribution in [3.8, 4) is 0 Å². The van der Waals surface area contributed by atoms with Crippen LogP contribution in [0.2, 0.25) is 5.02 Å². The number of halogens is 2. The molecule has 1 aromatic heterocycles. The lowest BCUT2D eigenvalue weighted by Gasteiger charge is -2.10. The number of anilines is 1. The van der Waals surface area contributed by atoms with Crippen LogP contribution in [0.15, 0.2) is 22.4 Å². The van der Waals surface area contributed by atoms with Gasteiger partial charge in [-0.3, -0.25) is 4.79 Å². The number of hydrogen-bond donors (Lipinski definition) is 1. The lowest BCUT2D eigenvalue weighted by molar-refractivity contribution is 0.102. The van der Waals surface area contributed by atoms with E-state index < -0.39 is 15.0 Å². The summed E-state index contributed by atoms with van der Waals surface area (Å²) in [7, 11) is 1.37. The van der Waals surface area contributed by atoms with E-state index in [1.165, 1.54) is 17.5 Å². The van der Waals surface area contributed by atoms with Gasteiger partial charge in [0, 0.05) is 16.1 Å². The fourth-order valence-corrected chi connectivity index (χ4v) is 3.11. The Kier molecular flexibility index (Phi) is 4.28. The first-order chi connectivity index (χ1) is 9.29. The summed E-state index contributed by atoms with van der Waals surface area (Å²) >= 11 is 7.02. The highest BCUT2D eigenvalue weighted by Gasteiger charge is 2.17. The third-order valence-corrected chi connectivity index (χ3v) is 4.51. The van der Waals surface area contributed by atoms with Crippen LogP contribution in [-0.2, 0) is 9.05 Å². The number of hydrogen-bond acceptors (Lipinski definition) is 6. The summed E-state index contributed by atoms with van der Waals surface area (Å²) in [6, 6.07) is 2.49. The molecule has 0 bridgehead atoms. The van der Waals surface area contributed by atoms with Gasteiger partial charge in [-0.2, -0.15) is 0 Å². The molecule has 10 heteroatoms. The van der Waals surface area contributed by atoms with Gasteiger partial charge in [0.25, 0.3) is 15.0 Å². The van der Waals surface area contributed by atoms with E-state index >= 15 is 0 Å². The molecule has 6 nitrogen and oxygen atoms in total. The Balaban J connectivity index is 2.37. The largest absolute Gasteiger partial charge is 0.319 e. The molecule has 20 heavy (non-hydrogen) atoms. The van der Waals surface area contributed by atoms with Crippen LogP contribution >= 0.6 is 33.8 Å². The summed E-state index contributed by atoms with van der Waals surface area (Å²) in [4.78, 5) is 11.7. The molecule has 1 aromatic carbocycles. The van der Waals surface area contributed by atoms with E-state index in [4.69, 9.17) is 22.3 Å². The van der Waals surface area contributed by atoms with E-state index in [9.17, 15) is 13.2 Å². The first kappa shape index (κ1) is 15.2. The second-order valence-electron chi connectivity index (χ2n) is 3.78. The van der Waals surface area contributed by atoms with Gasteiger partial charge in [0.2, 0.25) is 0 Å². The van der Waals surface area contributed by atoms with E-state index in [0.29, 0.717) is 11.3 Å². The average Bonchev–Trinajstić information content (AvgIpc) is 2.85. The zero-order chi connectivity index (χ0) is 14.9. The van der Waals surface area contributed by atoms with Crippen LogP contribution < -0.4 is 5.32 Å². The molecular weight excluding hydrogens is 345 g/mol. The molecular formula is C10H7Cl2N3O3S2. The molecule has 2 rings (SSSR count). The van der Waals surface area contributed by atoms with Crippen molar-refractivity contribution >= 4 is 54.5 Å². The van der Waals surface area contributed by atoms with Crippen LogP contribution in [0.5, 0.6) is 0 Å². The summed E-state index contributed by atoms with van der Waals surface area (Å²) in [5.41, 5.74) is 0.918. The highest BCUT2D eigenvalue weighted by molar-refractivity contribution is 8.13. The predicted molar refractivity (Wildman–Crippen MR) is 77.1 cm³/mol. The average molecular weight is 352 g/mol. The molecule has 1 heterocycles. The Bertz CT molecular complexity index is 737. The Labute approximate surface area is 128 Å². The van der Waals surface area contributed by atoms with Gasteiger partial charge in [-0.25, -0.2) is 8.42 Å². The van der Waals surface area contributed by atoms with Crippen molar-refractivity contribution in [3.05, 3.63) is 33.8 Å². The van der Waals surface area contributed by atoms with E-state index in [2.05, 4.69) is 14.9 Å². The number of nitrogens with zero attached hydrogens (tertiary/aromatic N) is 2. The van der Waals surface area contributed by atoms with Crippen molar-refractivity contribution in [2.45, 2.75) is 11.8 Å². The Morgan fingerprint density at radius 3 is 2.60 bits per heavy atom. The molecule has 2 aromatic rings. The van der Waals surface area contributed by atoms with E-state index in [1.807, 2.05) is 0 Å². The second kappa shape index (κ2) is 5.65. The molecule has 1 amide bonds. The number of nitrogens with one attached hydrogen (secondary N) is 1. The number of carbonyl (C=O) groups is 1. The van der Waals surface area contributed by atoms with Crippen molar-refractivity contribution in [1.29, 1.82) is 0 Å². The lowest BCUT2D eigenvalue weighted by atomic mass is 10.2. The van der Waals surface area contributed by atoms with Crippen LogP contribution in [-0.4, -0.2) is 23.9 Å². The van der Waals surface area contributed by atoms with E-state index in [0.717, 1.165) is 11.5 Å². The molecule has 0 saturated carbocycles. The molecule has 106 valence electrons. The second-order valence-corrected chi connectivity index (χ2v) is 7.36. The van der Waals surface area contributed by atoms with Crippen molar-refractivity contribution in [3.63, 3.8) is 0 Å². The van der Waals surface area contributed by atoms with Crippen LogP contribution in [0.4, 0.5) is 5.69 Å². The van der Waals surface area contributed by atoms with Crippen LogP contribution in [0, 0.1) is 6.92 Å². The van der Waals surface area contributed by atoms with Crippen molar-refractivity contribution in [2.75, 3.05) is 5.32 Å². The fraction of sp³-hybridized carbons (Fsp3) is 0.100. The maximum absolute atomic E-state index is 11.9. The molecule has 1 N–H and O–H groups in total. The van der Waals surface area contributed by atoms with Gasteiger partial charge in [-0.05, 0) is 36.2 Å². The highest BCUT2D eigenvalue weighted by Crippen LogP contribution is 2.31. The van der Waals surface area contributed by atoms with Crippen molar-refractivity contribution in [2.24, 2.45) is 0 Å². The normalized spacial score (nSPS) is 11.3. The lowest BCUT2D eigenvalue weighted by Crippen LogP contribution is -2.14. The standard InChI is InChI=1S/C10H7Cl2N3O3S2/c1-5-2-6(20(12,17)18)3-7(11)9(5)13-10(16)8-4-19-15-14-8/h2-4H,1H3,(H,13,16). The molecule has 0 unspecified atom stereocenters. The minimum atomic E-state index is -3.88.